The monoisotopic (exact) mass is 259 g/mol. The number of carbonyl (C=O) groups excluding carboxylic acids is 1. The molecule has 100 valence electrons. The van der Waals surface area contributed by atoms with Crippen LogP contribution in [-0.2, 0) is 11.2 Å². The van der Waals surface area contributed by atoms with E-state index in [4.69, 9.17) is 4.74 Å². The summed E-state index contributed by atoms with van der Waals surface area (Å²) in [7, 11) is 0. The first-order chi connectivity index (χ1) is 9.34. The number of imidazole rings is 1. The van der Waals surface area contributed by atoms with Crippen molar-refractivity contribution in [2.75, 3.05) is 13.2 Å². The molecule has 2 rings (SSSR count). The summed E-state index contributed by atoms with van der Waals surface area (Å²) >= 11 is 0. The predicted octanol–water partition coefficient (Wildman–Crippen LogP) is 1.54. The number of nitrogens with one attached hydrogen (secondary N) is 2. The molecule has 1 aromatic heterocycles. The fourth-order valence-corrected chi connectivity index (χ4v) is 1.62. The topological polar surface area (TPSA) is 67.0 Å². The normalized spacial score (nSPS) is 10.1. The Morgan fingerprint density at radius 2 is 2.16 bits per heavy atom. The van der Waals surface area contributed by atoms with Crippen LogP contribution in [0.2, 0.25) is 0 Å². The van der Waals surface area contributed by atoms with E-state index in [2.05, 4.69) is 15.3 Å². The van der Waals surface area contributed by atoms with E-state index >= 15 is 0 Å². The molecule has 0 atom stereocenters. The number of benzene rings is 1. The molecule has 0 saturated carbocycles. The molecule has 1 aromatic carbocycles. The molecule has 0 bridgehead atoms. The van der Waals surface area contributed by atoms with Crippen molar-refractivity contribution in [2.24, 2.45) is 0 Å². The molecular formula is C14H17N3O2. The van der Waals surface area contributed by atoms with E-state index in [0.717, 1.165) is 17.9 Å². The van der Waals surface area contributed by atoms with Crippen molar-refractivity contribution < 1.29 is 9.53 Å². The quantitative estimate of drug-likeness (QED) is 0.792. The van der Waals surface area contributed by atoms with Gasteiger partial charge in [0.2, 0.25) is 5.91 Å². The van der Waals surface area contributed by atoms with E-state index in [1.165, 1.54) is 0 Å². The van der Waals surface area contributed by atoms with Gasteiger partial charge < -0.3 is 15.0 Å². The van der Waals surface area contributed by atoms with Gasteiger partial charge in [-0.15, -0.1) is 0 Å². The van der Waals surface area contributed by atoms with Gasteiger partial charge in [0.1, 0.15) is 5.75 Å². The summed E-state index contributed by atoms with van der Waals surface area (Å²) in [6, 6.07) is 9.47. The van der Waals surface area contributed by atoms with Crippen LogP contribution in [0, 0.1) is 0 Å². The molecule has 5 heteroatoms. The first-order valence-corrected chi connectivity index (χ1v) is 6.26. The number of rotatable bonds is 7. The molecule has 2 N–H and O–H groups in total. The molecule has 0 fully saturated rings. The van der Waals surface area contributed by atoms with Gasteiger partial charge in [-0.2, -0.15) is 0 Å². The Kier molecular flexibility index (Phi) is 4.98. The number of ether oxygens (including phenoxy) is 1. The Labute approximate surface area is 112 Å². The third kappa shape index (κ3) is 4.83. The molecule has 0 aliphatic rings. The third-order valence-corrected chi connectivity index (χ3v) is 2.61. The second kappa shape index (κ2) is 7.20. The molecule has 2 aromatic rings. The Morgan fingerprint density at radius 1 is 1.32 bits per heavy atom. The largest absolute Gasteiger partial charge is 0.493 e. The highest BCUT2D eigenvalue weighted by atomic mass is 16.5. The van der Waals surface area contributed by atoms with Crippen LogP contribution >= 0.6 is 0 Å². The highest BCUT2D eigenvalue weighted by Gasteiger charge is 2.02. The average molecular weight is 259 g/mol. The molecule has 0 unspecified atom stereocenters. The van der Waals surface area contributed by atoms with E-state index < -0.39 is 0 Å². The van der Waals surface area contributed by atoms with E-state index in [1.54, 1.807) is 12.5 Å². The highest BCUT2D eigenvalue weighted by Crippen LogP contribution is 2.08. The zero-order valence-corrected chi connectivity index (χ0v) is 10.6. The summed E-state index contributed by atoms with van der Waals surface area (Å²) in [5.74, 6) is 0.781. The SMILES string of the molecule is O=C(CCOc1ccccc1)NCCc1cnc[nH]1. The van der Waals surface area contributed by atoms with E-state index in [-0.39, 0.29) is 5.91 Å². The van der Waals surface area contributed by atoms with Gasteiger partial charge in [-0.1, -0.05) is 18.2 Å². The zero-order chi connectivity index (χ0) is 13.3. The number of carbonyl (C=O) groups is 1. The zero-order valence-electron chi connectivity index (χ0n) is 10.6. The van der Waals surface area contributed by atoms with Crippen LogP contribution in [0.25, 0.3) is 0 Å². The van der Waals surface area contributed by atoms with Crippen molar-refractivity contribution in [3.05, 3.63) is 48.5 Å². The van der Waals surface area contributed by atoms with Crippen LogP contribution in [0.5, 0.6) is 5.75 Å². The van der Waals surface area contributed by atoms with Gasteiger partial charge in [0.05, 0.1) is 19.4 Å². The van der Waals surface area contributed by atoms with Gasteiger partial charge in [-0.05, 0) is 12.1 Å². The lowest BCUT2D eigenvalue weighted by Crippen LogP contribution is -2.27. The van der Waals surface area contributed by atoms with Crippen LogP contribution < -0.4 is 10.1 Å². The first-order valence-electron chi connectivity index (χ1n) is 6.26. The van der Waals surface area contributed by atoms with E-state index in [1.807, 2.05) is 30.3 Å². The number of aromatic amines is 1. The summed E-state index contributed by atoms with van der Waals surface area (Å²) < 4.78 is 5.45. The van der Waals surface area contributed by atoms with Gasteiger partial charge in [0.15, 0.2) is 0 Å². The molecule has 5 nitrogen and oxygen atoms in total. The number of hydrogen-bond acceptors (Lipinski definition) is 3. The molecule has 1 amide bonds. The van der Waals surface area contributed by atoms with Gasteiger partial charge in [-0.3, -0.25) is 4.79 Å². The number of amides is 1. The maximum atomic E-state index is 11.5. The first kappa shape index (κ1) is 13.1. The second-order valence-electron chi connectivity index (χ2n) is 4.09. The highest BCUT2D eigenvalue weighted by molar-refractivity contribution is 5.75. The fourth-order valence-electron chi connectivity index (χ4n) is 1.62. The van der Waals surface area contributed by atoms with Crippen LogP contribution in [0.15, 0.2) is 42.9 Å². The summed E-state index contributed by atoms with van der Waals surface area (Å²) in [4.78, 5) is 18.4. The van der Waals surface area contributed by atoms with Crippen molar-refractivity contribution in [1.29, 1.82) is 0 Å². The Morgan fingerprint density at radius 3 is 2.89 bits per heavy atom. The van der Waals surface area contributed by atoms with Crippen LogP contribution in [0.1, 0.15) is 12.1 Å². The average Bonchev–Trinajstić information content (AvgIpc) is 2.93. The number of nitrogens with zero attached hydrogens (tertiary/aromatic N) is 1. The smallest absolute Gasteiger partial charge is 0.223 e. The van der Waals surface area contributed by atoms with Crippen molar-refractivity contribution in [3.8, 4) is 5.75 Å². The minimum absolute atomic E-state index is 0.00422. The lowest BCUT2D eigenvalue weighted by atomic mass is 10.3. The van der Waals surface area contributed by atoms with Gasteiger partial charge in [0.25, 0.3) is 0 Å². The number of H-pyrrole nitrogens is 1. The molecule has 0 spiro atoms. The minimum Gasteiger partial charge on any atom is -0.493 e. The number of hydrogen-bond donors (Lipinski definition) is 2. The molecular weight excluding hydrogens is 242 g/mol. The van der Waals surface area contributed by atoms with Gasteiger partial charge >= 0.3 is 0 Å². The maximum Gasteiger partial charge on any atom is 0.223 e. The number of aromatic nitrogens is 2. The van der Waals surface area contributed by atoms with Crippen molar-refractivity contribution in [2.45, 2.75) is 12.8 Å². The standard InChI is InChI=1S/C14H17N3O2/c18-14(16-8-6-12-10-15-11-17-12)7-9-19-13-4-2-1-3-5-13/h1-5,10-11H,6-9H2,(H,15,17)(H,16,18). The van der Waals surface area contributed by atoms with Crippen molar-refractivity contribution in [1.82, 2.24) is 15.3 Å². The molecule has 1 heterocycles. The molecule has 0 aliphatic heterocycles. The fraction of sp³-hybridized carbons (Fsp3) is 0.286. The lowest BCUT2D eigenvalue weighted by Gasteiger charge is -2.06. The Hall–Kier alpha value is -2.30. The van der Waals surface area contributed by atoms with E-state index in [0.29, 0.717) is 19.6 Å². The van der Waals surface area contributed by atoms with Crippen molar-refractivity contribution in [3.63, 3.8) is 0 Å². The molecule has 19 heavy (non-hydrogen) atoms. The van der Waals surface area contributed by atoms with E-state index in [9.17, 15) is 4.79 Å². The van der Waals surface area contributed by atoms with Crippen molar-refractivity contribution >= 4 is 5.91 Å². The Balaban J connectivity index is 1.57. The molecule has 0 saturated heterocycles. The molecule has 0 radical (unpaired) electrons. The van der Waals surface area contributed by atoms with Crippen LogP contribution in [0.4, 0.5) is 0 Å². The van der Waals surface area contributed by atoms with Gasteiger partial charge in [-0.25, -0.2) is 4.98 Å². The third-order valence-electron chi connectivity index (χ3n) is 2.61. The van der Waals surface area contributed by atoms with Crippen LogP contribution in [-0.4, -0.2) is 29.0 Å². The van der Waals surface area contributed by atoms with Crippen LogP contribution in [0.3, 0.4) is 0 Å². The summed E-state index contributed by atoms with van der Waals surface area (Å²) in [5, 5.41) is 2.84. The Bertz CT molecular complexity index is 483. The lowest BCUT2D eigenvalue weighted by molar-refractivity contribution is -0.121. The minimum atomic E-state index is -0.00422. The second-order valence-corrected chi connectivity index (χ2v) is 4.09. The summed E-state index contributed by atoms with van der Waals surface area (Å²) in [6.07, 6.45) is 4.50. The molecule has 0 aliphatic carbocycles. The van der Waals surface area contributed by atoms with Gasteiger partial charge in [0, 0.05) is 24.9 Å². The summed E-state index contributed by atoms with van der Waals surface area (Å²) in [5.41, 5.74) is 1.01. The predicted molar refractivity (Wildman–Crippen MR) is 71.9 cm³/mol. The number of para-hydroxylation sites is 1. The summed E-state index contributed by atoms with van der Waals surface area (Å²) in [6.45, 7) is 0.992. The maximum absolute atomic E-state index is 11.5.